The molecular weight excluding hydrogens is 428 g/mol. The molecule has 2 aromatic heterocycles. The number of para-hydroxylation sites is 1. The van der Waals surface area contributed by atoms with Gasteiger partial charge in [-0.25, -0.2) is 4.68 Å². The molecule has 2 aliphatic rings. The summed E-state index contributed by atoms with van der Waals surface area (Å²) in [5.74, 6) is 0.995. The molecule has 0 aliphatic heterocycles. The second kappa shape index (κ2) is 11.3. The number of hydrogen-bond acceptors (Lipinski definition) is 5. The SMILES string of the molecule is CC.CNc1c(C)c(-c2cnn(C)c2)nn1-c1ccccc1.O=CN[C@H]1CCC2(CC(O)C2)C1. The van der Waals surface area contributed by atoms with Gasteiger partial charge in [-0.1, -0.05) is 32.0 Å². The average Bonchev–Trinajstić information content (AvgIpc) is 3.53. The van der Waals surface area contributed by atoms with E-state index in [1.807, 2.05) is 75.4 Å². The van der Waals surface area contributed by atoms with Gasteiger partial charge >= 0.3 is 0 Å². The first-order valence-corrected chi connectivity index (χ1v) is 12.1. The Morgan fingerprint density at radius 2 is 1.88 bits per heavy atom. The summed E-state index contributed by atoms with van der Waals surface area (Å²) in [6.07, 6.45) is 9.77. The molecule has 1 atom stereocenters. The van der Waals surface area contributed by atoms with E-state index >= 15 is 0 Å². The zero-order valence-electron chi connectivity index (χ0n) is 21.0. The molecule has 0 saturated heterocycles. The van der Waals surface area contributed by atoms with Crippen molar-refractivity contribution in [3.8, 4) is 16.9 Å². The fourth-order valence-corrected chi connectivity index (χ4v) is 5.12. The molecule has 5 rings (SSSR count). The van der Waals surface area contributed by atoms with Crippen molar-refractivity contribution in [1.82, 2.24) is 24.9 Å². The Labute approximate surface area is 202 Å². The Morgan fingerprint density at radius 3 is 2.44 bits per heavy atom. The molecule has 1 spiro atoms. The Bertz CT molecular complexity index is 1050. The fourth-order valence-electron chi connectivity index (χ4n) is 5.12. The summed E-state index contributed by atoms with van der Waals surface area (Å²) in [7, 11) is 3.82. The number of carbonyl (C=O) groups excluding carboxylic acids is 1. The van der Waals surface area contributed by atoms with Crippen LogP contribution in [0.1, 0.15) is 51.5 Å². The van der Waals surface area contributed by atoms with Gasteiger partial charge in [-0.3, -0.25) is 9.48 Å². The van der Waals surface area contributed by atoms with E-state index in [1.54, 1.807) is 4.68 Å². The number of rotatable bonds is 5. The summed E-state index contributed by atoms with van der Waals surface area (Å²) >= 11 is 0. The number of nitrogens with zero attached hydrogens (tertiary/aromatic N) is 4. The largest absolute Gasteiger partial charge is 0.393 e. The molecule has 1 amide bonds. The van der Waals surface area contributed by atoms with Gasteiger partial charge in [0.05, 0.1) is 18.0 Å². The minimum absolute atomic E-state index is 0.0695. The van der Waals surface area contributed by atoms with Crippen LogP contribution < -0.4 is 10.6 Å². The third kappa shape index (κ3) is 5.50. The van der Waals surface area contributed by atoms with E-state index in [2.05, 4.69) is 22.7 Å². The van der Waals surface area contributed by atoms with Crippen LogP contribution in [-0.2, 0) is 11.8 Å². The molecule has 2 aliphatic carbocycles. The molecule has 8 heteroatoms. The maximum atomic E-state index is 10.2. The Morgan fingerprint density at radius 1 is 1.18 bits per heavy atom. The van der Waals surface area contributed by atoms with Gasteiger partial charge in [-0.15, -0.1) is 0 Å². The van der Waals surface area contributed by atoms with E-state index in [9.17, 15) is 9.90 Å². The highest BCUT2D eigenvalue weighted by Gasteiger charge is 2.48. The van der Waals surface area contributed by atoms with Crippen molar-refractivity contribution < 1.29 is 9.90 Å². The Hall–Kier alpha value is -3.13. The third-order valence-corrected chi connectivity index (χ3v) is 6.68. The van der Waals surface area contributed by atoms with E-state index in [0.29, 0.717) is 11.5 Å². The minimum atomic E-state index is -0.0695. The summed E-state index contributed by atoms with van der Waals surface area (Å²) in [6.45, 7) is 6.07. The lowest BCUT2D eigenvalue weighted by Crippen LogP contribution is -2.40. The molecule has 2 heterocycles. The van der Waals surface area contributed by atoms with Gasteiger partial charge in [-0.2, -0.15) is 10.2 Å². The maximum Gasteiger partial charge on any atom is 0.207 e. The summed E-state index contributed by atoms with van der Waals surface area (Å²) < 4.78 is 3.72. The van der Waals surface area contributed by atoms with Crippen LogP contribution in [0.3, 0.4) is 0 Å². The highest BCUT2D eigenvalue weighted by molar-refractivity contribution is 5.69. The molecular formula is C26H38N6O2. The third-order valence-electron chi connectivity index (χ3n) is 6.68. The van der Waals surface area contributed by atoms with Crippen LogP contribution in [0.15, 0.2) is 42.7 Å². The van der Waals surface area contributed by atoms with Crippen molar-refractivity contribution in [3.05, 3.63) is 48.3 Å². The lowest BCUT2D eigenvalue weighted by Gasteiger charge is -2.42. The summed E-state index contributed by atoms with van der Waals surface area (Å²) in [5, 5.41) is 24.2. The maximum absolute atomic E-state index is 10.2. The molecule has 0 unspecified atom stereocenters. The Kier molecular flexibility index (Phi) is 8.50. The number of hydrogen-bond donors (Lipinski definition) is 3. The van der Waals surface area contributed by atoms with Crippen molar-refractivity contribution in [2.45, 2.75) is 65.0 Å². The second-order valence-electron chi connectivity index (χ2n) is 9.01. The molecule has 0 bridgehead atoms. The highest BCUT2D eigenvalue weighted by Crippen LogP contribution is 2.53. The number of aromatic nitrogens is 4. The molecule has 8 nitrogen and oxygen atoms in total. The zero-order chi connectivity index (χ0) is 24.7. The van der Waals surface area contributed by atoms with E-state index in [1.165, 1.54) is 6.42 Å². The van der Waals surface area contributed by atoms with Crippen LogP contribution in [0.2, 0.25) is 0 Å². The number of carbonyl (C=O) groups is 1. The van der Waals surface area contributed by atoms with Gasteiger partial charge in [0, 0.05) is 37.5 Å². The molecule has 0 radical (unpaired) electrons. The van der Waals surface area contributed by atoms with Crippen LogP contribution in [0.5, 0.6) is 0 Å². The number of aliphatic hydroxyl groups excluding tert-OH is 1. The molecule has 34 heavy (non-hydrogen) atoms. The van der Waals surface area contributed by atoms with E-state index < -0.39 is 0 Å². The predicted molar refractivity (Wildman–Crippen MR) is 136 cm³/mol. The van der Waals surface area contributed by atoms with E-state index in [0.717, 1.165) is 60.4 Å². The quantitative estimate of drug-likeness (QED) is 0.493. The lowest BCUT2D eigenvalue weighted by atomic mass is 9.65. The lowest BCUT2D eigenvalue weighted by molar-refractivity contribution is -0.110. The van der Waals surface area contributed by atoms with Crippen molar-refractivity contribution in [2.75, 3.05) is 12.4 Å². The standard InChI is InChI=1S/C15H17N5.C9H15NO2.C2H6/c1-11-14(12-9-17-19(3)10-12)18-20(15(11)16-2)13-7-5-4-6-8-13;11-6-10-7-1-2-9(3-7)4-8(12)5-9;1-2/h4-10,16H,1-3H3;6-8,12H,1-5H2,(H,10,11);1-2H3/t;7-,8?,9?;/m.0./s1. The molecule has 1 aromatic carbocycles. The number of anilines is 1. The van der Waals surface area contributed by atoms with E-state index in [-0.39, 0.29) is 6.10 Å². The first-order chi connectivity index (χ1) is 16.4. The fraction of sp³-hybridized carbons (Fsp3) is 0.500. The summed E-state index contributed by atoms with van der Waals surface area (Å²) in [4.78, 5) is 10.2. The van der Waals surface area contributed by atoms with Gasteiger partial charge in [0.2, 0.25) is 6.41 Å². The normalized spacial score (nSPS) is 22.6. The van der Waals surface area contributed by atoms with Crippen LogP contribution in [0.4, 0.5) is 5.82 Å². The Balaban J connectivity index is 0.000000197. The molecule has 2 fully saturated rings. The summed E-state index contributed by atoms with van der Waals surface area (Å²) in [5.41, 5.74) is 4.52. The average molecular weight is 467 g/mol. The van der Waals surface area contributed by atoms with Crippen molar-refractivity contribution >= 4 is 12.2 Å². The second-order valence-corrected chi connectivity index (χ2v) is 9.01. The van der Waals surface area contributed by atoms with Crippen molar-refractivity contribution in [1.29, 1.82) is 0 Å². The number of nitrogens with one attached hydrogen (secondary N) is 2. The van der Waals surface area contributed by atoms with Crippen LogP contribution >= 0.6 is 0 Å². The summed E-state index contributed by atoms with van der Waals surface area (Å²) in [6, 6.07) is 10.5. The number of amides is 1. The van der Waals surface area contributed by atoms with Crippen LogP contribution in [0, 0.1) is 12.3 Å². The molecule has 3 N–H and O–H groups in total. The van der Waals surface area contributed by atoms with Crippen LogP contribution in [-0.4, -0.2) is 50.3 Å². The van der Waals surface area contributed by atoms with Gasteiger partial charge in [0.15, 0.2) is 0 Å². The number of aliphatic hydroxyl groups is 1. The van der Waals surface area contributed by atoms with Crippen LogP contribution in [0.25, 0.3) is 16.9 Å². The monoisotopic (exact) mass is 466 g/mol. The topological polar surface area (TPSA) is 97.0 Å². The predicted octanol–water partition coefficient (Wildman–Crippen LogP) is 4.08. The van der Waals surface area contributed by atoms with Gasteiger partial charge in [0.25, 0.3) is 0 Å². The number of benzene rings is 1. The smallest absolute Gasteiger partial charge is 0.207 e. The minimum Gasteiger partial charge on any atom is -0.393 e. The van der Waals surface area contributed by atoms with E-state index in [4.69, 9.17) is 5.10 Å². The molecule has 2 saturated carbocycles. The number of aryl methyl sites for hydroxylation is 1. The van der Waals surface area contributed by atoms with Gasteiger partial charge in [0.1, 0.15) is 11.5 Å². The van der Waals surface area contributed by atoms with Crippen molar-refractivity contribution in [2.24, 2.45) is 12.5 Å². The molecule has 3 aromatic rings. The van der Waals surface area contributed by atoms with Crippen molar-refractivity contribution in [3.63, 3.8) is 0 Å². The molecule has 184 valence electrons. The first-order valence-electron chi connectivity index (χ1n) is 12.1. The highest BCUT2D eigenvalue weighted by atomic mass is 16.3. The first kappa shape index (κ1) is 25.5. The van der Waals surface area contributed by atoms with Gasteiger partial charge in [-0.05, 0) is 56.6 Å². The van der Waals surface area contributed by atoms with Gasteiger partial charge < -0.3 is 15.7 Å². The zero-order valence-corrected chi connectivity index (χ0v) is 21.0.